The van der Waals surface area contributed by atoms with Crippen LogP contribution >= 0.6 is 22.7 Å². The van der Waals surface area contributed by atoms with Gasteiger partial charge in [-0.1, -0.05) is 182 Å². The predicted octanol–water partition coefficient (Wildman–Crippen LogP) is 18.7. The first-order valence-electron chi connectivity index (χ1n) is 22.7. The first-order valence-corrected chi connectivity index (χ1v) is 24.4. The van der Waals surface area contributed by atoms with Gasteiger partial charge in [-0.05, 0) is 115 Å². The summed E-state index contributed by atoms with van der Waals surface area (Å²) in [6.45, 7) is 16.3. The summed E-state index contributed by atoms with van der Waals surface area (Å²) in [5.41, 5.74) is 15.1. The van der Waals surface area contributed by atoms with E-state index in [4.69, 9.17) is 0 Å². The Morgan fingerprint density at radius 3 is 1.66 bits per heavy atom. The van der Waals surface area contributed by atoms with Crippen molar-refractivity contribution in [1.82, 2.24) is 0 Å². The Hall–Kier alpha value is -6.26. The minimum Gasteiger partial charge on any atom is -0.309 e. The molecule has 0 spiro atoms. The number of benzene rings is 8. The predicted molar refractivity (Wildman–Crippen MR) is 283 cm³/mol. The molecule has 0 N–H and O–H groups in total. The molecule has 10 aromatic rings. The third-order valence-corrected chi connectivity index (χ3v) is 15.6. The van der Waals surface area contributed by atoms with Crippen molar-refractivity contribution >= 4 is 86.8 Å². The van der Waals surface area contributed by atoms with Gasteiger partial charge >= 0.3 is 0 Å². The van der Waals surface area contributed by atoms with Gasteiger partial charge < -0.3 is 4.90 Å². The molecule has 0 fully saturated rings. The molecular formula is C61H53NS2. The Bertz CT molecular complexity index is 3430. The van der Waals surface area contributed by atoms with Gasteiger partial charge in [0.15, 0.2) is 0 Å². The molecule has 1 aliphatic carbocycles. The molecule has 0 aliphatic heterocycles. The number of allylic oxidation sites excluding steroid dienone is 1. The average Bonchev–Trinajstić information content (AvgIpc) is 3.87. The Morgan fingerprint density at radius 2 is 0.984 bits per heavy atom. The molecule has 0 saturated heterocycles. The number of nitrogens with zero attached hydrogens (tertiary/aromatic N) is 1. The van der Waals surface area contributed by atoms with Crippen LogP contribution in [0.5, 0.6) is 0 Å². The lowest BCUT2D eigenvalue weighted by Gasteiger charge is -2.31. The van der Waals surface area contributed by atoms with E-state index in [1.54, 1.807) is 0 Å². The first kappa shape index (κ1) is 40.5. The van der Waals surface area contributed by atoms with Crippen LogP contribution in [-0.4, -0.2) is 0 Å². The van der Waals surface area contributed by atoms with Gasteiger partial charge in [0.25, 0.3) is 0 Å². The highest BCUT2D eigenvalue weighted by Gasteiger charge is 2.28. The second kappa shape index (κ2) is 15.5. The normalized spacial score (nSPS) is 14.2. The highest BCUT2D eigenvalue weighted by Crippen LogP contribution is 2.52. The molecule has 11 rings (SSSR count). The van der Waals surface area contributed by atoms with Crippen molar-refractivity contribution in [1.29, 1.82) is 0 Å². The SMILES string of the molecule is CC1C=Cc2sc3cccc(N(c4ccccc4-c4cccc5cccc(-c6cc(C(C)(C)C)cc(C(C)(C)C)c6)c45)c4ccccc4-c4cccc5sc6ccccc6c45)c3c2C1. The summed E-state index contributed by atoms with van der Waals surface area (Å²) in [5.74, 6) is 0.473. The molecule has 0 amide bonds. The Kier molecular flexibility index (Phi) is 9.79. The van der Waals surface area contributed by atoms with E-state index < -0.39 is 0 Å². The van der Waals surface area contributed by atoms with Crippen molar-refractivity contribution in [2.75, 3.05) is 4.90 Å². The van der Waals surface area contributed by atoms with Crippen LogP contribution in [0.4, 0.5) is 17.1 Å². The zero-order chi connectivity index (χ0) is 43.9. The van der Waals surface area contributed by atoms with Crippen molar-refractivity contribution < 1.29 is 0 Å². The third-order valence-electron chi connectivity index (χ3n) is 13.3. The maximum atomic E-state index is 2.61. The first-order chi connectivity index (χ1) is 30.9. The number of anilines is 3. The number of thiophene rings is 2. The van der Waals surface area contributed by atoms with Gasteiger partial charge in [-0.25, -0.2) is 0 Å². The van der Waals surface area contributed by atoms with E-state index in [9.17, 15) is 0 Å². The highest BCUT2D eigenvalue weighted by atomic mass is 32.1. The number of fused-ring (bicyclic) bond motifs is 7. The maximum Gasteiger partial charge on any atom is 0.0552 e. The third kappa shape index (κ3) is 6.89. The van der Waals surface area contributed by atoms with E-state index in [1.807, 2.05) is 22.7 Å². The van der Waals surface area contributed by atoms with E-state index in [0.29, 0.717) is 5.92 Å². The van der Waals surface area contributed by atoms with Crippen LogP contribution in [0.15, 0.2) is 170 Å². The van der Waals surface area contributed by atoms with Crippen molar-refractivity contribution in [2.24, 2.45) is 5.92 Å². The Morgan fingerprint density at radius 1 is 0.469 bits per heavy atom. The monoisotopic (exact) mass is 863 g/mol. The Labute approximate surface area is 386 Å². The van der Waals surface area contributed by atoms with Gasteiger partial charge in [-0.2, -0.15) is 0 Å². The highest BCUT2D eigenvalue weighted by molar-refractivity contribution is 7.26. The van der Waals surface area contributed by atoms with Crippen LogP contribution in [0, 0.1) is 5.92 Å². The molecule has 2 heterocycles. The molecule has 0 bridgehead atoms. The minimum atomic E-state index is -0.000986. The van der Waals surface area contributed by atoms with E-state index in [1.165, 1.54) is 102 Å². The van der Waals surface area contributed by atoms with Gasteiger partial charge in [0.2, 0.25) is 0 Å². The smallest absolute Gasteiger partial charge is 0.0552 e. The summed E-state index contributed by atoms with van der Waals surface area (Å²) < 4.78 is 3.95. The lowest BCUT2D eigenvalue weighted by Crippen LogP contribution is -2.16. The van der Waals surface area contributed by atoms with Crippen molar-refractivity contribution in [2.45, 2.75) is 65.7 Å². The van der Waals surface area contributed by atoms with Crippen molar-refractivity contribution in [3.8, 4) is 33.4 Å². The lowest BCUT2D eigenvalue weighted by atomic mass is 9.78. The molecule has 0 saturated carbocycles. The summed E-state index contributed by atoms with van der Waals surface area (Å²) in [6.07, 6.45) is 5.77. The van der Waals surface area contributed by atoms with Crippen LogP contribution in [0.25, 0.3) is 80.5 Å². The average molecular weight is 864 g/mol. The summed E-state index contributed by atoms with van der Waals surface area (Å²) in [5, 5.41) is 6.50. The quantitative estimate of drug-likeness (QED) is 0.161. The van der Waals surface area contributed by atoms with Crippen LogP contribution < -0.4 is 4.90 Å². The number of hydrogen-bond donors (Lipinski definition) is 0. The van der Waals surface area contributed by atoms with Crippen LogP contribution in [-0.2, 0) is 17.3 Å². The largest absolute Gasteiger partial charge is 0.309 e. The molecule has 1 nitrogen and oxygen atoms in total. The number of rotatable bonds is 6. The van der Waals surface area contributed by atoms with Crippen molar-refractivity contribution in [3.05, 3.63) is 191 Å². The molecule has 1 atom stereocenters. The van der Waals surface area contributed by atoms with E-state index in [2.05, 4.69) is 229 Å². The summed E-state index contributed by atoms with van der Waals surface area (Å²) in [4.78, 5) is 3.98. The lowest BCUT2D eigenvalue weighted by molar-refractivity contribution is 0.569. The van der Waals surface area contributed by atoms with Gasteiger partial charge in [0.05, 0.1) is 17.1 Å². The molecule has 1 aliphatic rings. The van der Waals surface area contributed by atoms with Gasteiger partial charge in [-0.15, -0.1) is 22.7 Å². The molecule has 64 heavy (non-hydrogen) atoms. The zero-order valence-corrected chi connectivity index (χ0v) is 39.4. The molecule has 3 heteroatoms. The van der Waals surface area contributed by atoms with Gasteiger partial charge in [0.1, 0.15) is 0 Å². The minimum absolute atomic E-state index is 0.000986. The van der Waals surface area contributed by atoms with Crippen LogP contribution in [0.2, 0.25) is 0 Å². The molecule has 8 aromatic carbocycles. The Balaban J connectivity index is 1.22. The van der Waals surface area contributed by atoms with E-state index in [-0.39, 0.29) is 10.8 Å². The van der Waals surface area contributed by atoms with Crippen LogP contribution in [0.3, 0.4) is 0 Å². The van der Waals surface area contributed by atoms with E-state index in [0.717, 1.165) is 17.8 Å². The second-order valence-electron chi connectivity index (χ2n) is 19.8. The van der Waals surface area contributed by atoms with Crippen LogP contribution in [0.1, 0.15) is 70.0 Å². The summed E-state index contributed by atoms with van der Waals surface area (Å²) >= 11 is 3.81. The summed E-state index contributed by atoms with van der Waals surface area (Å²) in [6, 6.07) is 62.0. The fraction of sp³-hybridized carbons (Fsp3) is 0.180. The molecule has 0 radical (unpaired) electrons. The summed E-state index contributed by atoms with van der Waals surface area (Å²) in [7, 11) is 0. The van der Waals surface area contributed by atoms with E-state index >= 15 is 0 Å². The fourth-order valence-corrected chi connectivity index (χ4v) is 12.3. The number of hydrogen-bond acceptors (Lipinski definition) is 3. The maximum absolute atomic E-state index is 2.61. The topological polar surface area (TPSA) is 3.24 Å². The number of para-hydroxylation sites is 2. The molecule has 2 aromatic heterocycles. The van der Waals surface area contributed by atoms with Gasteiger partial charge in [-0.3, -0.25) is 0 Å². The zero-order valence-electron chi connectivity index (χ0n) is 37.8. The standard InChI is InChI=1S/C61H53NS2/c1-38-32-33-54-49(34-38)59-52(28-17-31-56(59)64-54)62(51-27-12-9-21-45(51)47-25-16-30-55-58(47)48-22-10-13-29-53(48)63-55)50-26-11-8-20-44(50)46-24-15-19-39-18-14-23-43(57(39)46)40-35-41(60(2,3)4)37-42(36-40)61(5,6)7/h8-33,35-38H,34H2,1-7H3. The molecular weight excluding hydrogens is 811 g/mol. The molecule has 1 unspecified atom stereocenters. The van der Waals surface area contributed by atoms with Crippen molar-refractivity contribution in [3.63, 3.8) is 0 Å². The van der Waals surface area contributed by atoms with Gasteiger partial charge in [0, 0.05) is 46.3 Å². The second-order valence-corrected chi connectivity index (χ2v) is 22.0. The molecule has 314 valence electrons. The fourth-order valence-electron chi connectivity index (χ4n) is 10.0.